The van der Waals surface area contributed by atoms with Gasteiger partial charge in [-0.2, -0.15) is 0 Å². The van der Waals surface area contributed by atoms with Gasteiger partial charge in [-0.3, -0.25) is 14.4 Å². The number of rotatable bonds is 6. The van der Waals surface area contributed by atoms with Crippen molar-refractivity contribution >= 4 is 23.4 Å². The van der Waals surface area contributed by atoms with E-state index in [0.717, 1.165) is 81.8 Å². The normalized spacial score (nSPS) is 18.6. The summed E-state index contributed by atoms with van der Waals surface area (Å²) in [6, 6.07) is 15.7. The monoisotopic (exact) mass is 503 g/mol. The summed E-state index contributed by atoms with van der Waals surface area (Å²) in [6.07, 6.45) is 5.67. The highest BCUT2D eigenvalue weighted by Gasteiger charge is 2.42. The zero-order valence-electron chi connectivity index (χ0n) is 21.8. The Morgan fingerprint density at radius 2 is 1.57 bits per heavy atom. The van der Waals surface area contributed by atoms with Crippen molar-refractivity contribution in [3.63, 3.8) is 0 Å². The van der Waals surface area contributed by atoms with E-state index >= 15 is 0 Å². The van der Waals surface area contributed by atoms with Gasteiger partial charge in [-0.25, -0.2) is 0 Å². The van der Waals surface area contributed by atoms with E-state index in [1.54, 1.807) is 7.11 Å². The molecule has 7 heteroatoms. The van der Waals surface area contributed by atoms with Crippen molar-refractivity contribution in [3.05, 3.63) is 59.7 Å². The number of fused-ring (bicyclic) bond motifs is 1. The number of likely N-dealkylation sites (tertiary alicyclic amines) is 2. The molecule has 2 saturated heterocycles. The zero-order chi connectivity index (χ0) is 25.8. The molecule has 0 N–H and O–H groups in total. The van der Waals surface area contributed by atoms with Crippen LogP contribution in [-0.4, -0.2) is 67.4 Å². The predicted molar refractivity (Wildman–Crippen MR) is 142 cm³/mol. The van der Waals surface area contributed by atoms with Crippen molar-refractivity contribution < 1.29 is 19.1 Å². The minimum Gasteiger partial charge on any atom is -0.497 e. The number of para-hydroxylation sites is 1. The van der Waals surface area contributed by atoms with E-state index < -0.39 is 0 Å². The van der Waals surface area contributed by atoms with Crippen molar-refractivity contribution in [2.24, 2.45) is 5.41 Å². The number of hydrogen-bond donors (Lipinski definition) is 0. The first kappa shape index (κ1) is 25.3. The maximum atomic E-state index is 13.0. The van der Waals surface area contributed by atoms with Crippen molar-refractivity contribution in [1.82, 2.24) is 9.80 Å². The molecule has 3 amide bonds. The first-order valence-electron chi connectivity index (χ1n) is 13.5. The lowest BCUT2D eigenvalue weighted by atomic mass is 9.77. The molecule has 0 radical (unpaired) electrons. The summed E-state index contributed by atoms with van der Waals surface area (Å²) in [6.45, 7) is 3.68. The second-order valence-electron chi connectivity index (χ2n) is 10.8. The molecular weight excluding hydrogens is 466 g/mol. The third kappa shape index (κ3) is 5.65. The number of aryl methyl sites for hydroxylation is 1. The van der Waals surface area contributed by atoms with Gasteiger partial charge in [0.05, 0.1) is 13.5 Å². The maximum absolute atomic E-state index is 13.0. The zero-order valence-corrected chi connectivity index (χ0v) is 21.8. The molecule has 0 aliphatic carbocycles. The van der Waals surface area contributed by atoms with E-state index in [9.17, 15) is 14.4 Å². The van der Waals surface area contributed by atoms with Gasteiger partial charge in [-0.15, -0.1) is 0 Å². The van der Waals surface area contributed by atoms with Gasteiger partial charge >= 0.3 is 0 Å². The molecule has 1 spiro atoms. The summed E-state index contributed by atoms with van der Waals surface area (Å²) in [7, 11) is 1.63. The summed E-state index contributed by atoms with van der Waals surface area (Å²) in [5.41, 5.74) is 3.27. The highest BCUT2D eigenvalue weighted by Crippen LogP contribution is 2.40. The van der Waals surface area contributed by atoms with Crippen LogP contribution in [0.1, 0.15) is 49.7 Å². The molecule has 3 aliphatic heterocycles. The first-order valence-corrected chi connectivity index (χ1v) is 13.5. The summed E-state index contributed by atoms with van der Waals surface area (Å²) in [5.74, 6) is 1.03. The number of carbonyl (C=O) groups is 3. The predicted octanol–water partition coefficient (Wildman–Crippen LogP) is 3.84. The Bertz CT molecular complexity index is 1160. The summed E-state index contributed by atoms with van der Waals surface area (Å²) < 4.78 is 5.27. The number of anilines is 1. The van der Waals surface area contributed by atoms with Crippen LogP contribution in [0.3, 0.4) is 0 Å². The smallest absolute Gasteiger partial charge is 0.227 e. The van der Waals surface area contributed by atoms with Gasteiger partial charge in [-0.1, -0.05) is 30.3 Å². The fourth-order valence-electron chi connectivity index (χ4n) is 6.16. The third-order valence-corrected chi connectivity index (χ3v) is 8.42. The highest BCUT2D eigenvalue weighted by atomic mass is 16.5. The van der Waals surface area contributed by atoms with E-state index in [1.165, 1.54) is 5.56 Å². The topological polar surface area (TPSA) is 70.2 Å². The molecule has 2 fully saturated rings. The average molecular weight is 504 g/mol. The lowest BCUT2D eigenvalue weighted by molar-refractivity contribution is -0.134. The molecular formula is C30H37N3O4. The number of nitrogens with zero attached hydrogens (tertiary/aromatic N) is 3. The standard InChI is InChI=1S/C30H37N3O4/c1-37-25-9-4-6-23(20-25)21-29(36)31-17-13-30(14-18-31)15-19-32(22-30)27(34)11-12-28(35)33-16-5-8-24-7-2-3-10-26(24)33/h2-4,6-7,9-10,20H,5,8,11-19,21-22H2,1H3. The van der Waals surface area contributed by atoms with E-state index in [-0.39, 0.29) is 36.0 Å². The average Bonchev–Trinajstić information content (AvgIpc) is 3.35. The molecule has 2 aromatic carbocycles. The summed E-state index contributed by atoms with van der Waals surface area (Å²) in [4.78, 5) is 44.6. The van der Waals surface area contributed by atoms with Crippen LogP contribution in [0.2, 0.25) is 0 Å². The largest absolute Gasteiger partial charge is 0.497 e. The number of carbonyl (C=O) groups excluding carboxylic acids is 3. The van der Waals surface area contributed by atoms with Gasteiger partial charge < -0.3 is 19.4 Å². The fraction of sp³-hybridized carbons (Fsp3) is 0.500. The Hall–Kier alpha value is -3.35. The molecule has 0 aromatic heterocycles. The molecule has 0 unspecified atom stereocenters. The summed E-state index contributed by atoms with van der Waals surface area (Å²) in [5, 5.41) is 0. The molecule has 2 aromatic rings. The summed E-state index contributed by atoms with van der Waals surface area (Å²) >= 11 is 0. The lowest BCUT2D eigenvalue weighted by Crippen LogP contribution is -2.45. The second kappa shape index (κ2) is 11.0. The van der Waals surface area contributed by atoms with Gasteiger partial charge in [0.25, 0.3) is 0 Å². The van der Waals surface area contributed by atoms with Crippen LogP contribution in [0.4, 0.5) is 5.69 Å². The molecule has 7 nitrogen and oxygen atoms in total. The minimum atomic E-state index is 0.0391. The number of benzene rings is 2. The molecule has 0 atom stereocenters. The van der Waals surface area contributed by atoms with E-state index in [4.69, 9.17) is 4.74 Å². The molecule has 196 valence electrons. The van der Waals surface area contributed by atoms with Crippen molar-refractivity contribution in [2.75, 3.05) is 44.7 Å². The lowest BCUT2D eigenvalue weighted by Gasteiger charge is -2.39. The van der Waals surface area contributed by atoms with Crippen LogP contribution in [0.25, 0.3) is 0 Å². The number of methoxy groups -OCH3 is 1. The van der Waals surface area contributed by atoms with Gasteiger partial charge in [0.2, 0.25) is 17.7 Å². The maximum Gasteiger partial charge on any atom is 0.227 e. The second-order valence-corrected chi connectivity index (χ2v) is 10.8. The highest BCUT2D eigenvalue weighted by molar-refractivity contribution is 5.96. The Kier molecular flexibility index (Phi) is 7.49. The van der Waals surface area contributed by atoms with Crippen LogP contribution in [0.15, 0.2) is 48.5 Å². The van der Waals surface area contributed by atoms with Gasteiger partial charge in [0, 0.05) is 51.3 Å². The van der Waals surface area contributed by atoms with Crippen molar-refractivity contribution in [1.29, 1.82) is 0 Å². The first-order chi connectivity index (χ1) is 18.0. The van der Waals surface area contributed by atoms with Gasteiger partial charge in [-0.05, 0) is 66.8 Å². The van der Waals surface area contributed by atoms with E-state index in [2.05, 4.69) is 6.07 Å². The Labute approximate surface area is 219 Å². The van der Waals surface area contributed by atoms with Crippen LogP contribution in [0.5, 0.6) is 5.75 Å². The Morgan fingerprint density at radius 3 is 2.35 bits per heavy atom. The minimum absolute atomic E-state index is 0.0391. The number of piperidine rings is 1. The Morgan fingerprint density at radius 1 is 0.838 bits per heavy atom. The number of amides is 3. The van der Waals surface area contributed by atoms with Crippen LogP contribution in [0, 0.1) is 5.41 Å². The Balaban J connectivity index is 1.09. The van der Waals surface area contributed by atoms with Crippen LogP contribution < -0.4 is 9.64 Å². The molecule has 0 bridgehead atoms. The number of ether oxygens (including phenoxy) is 1. The SMILES string of the molecule is COc1cccc(CC(=O)N2CCC3(CC2)CCN(C(=O)CCC(=O)N2CCCc4ccccc42)C3)c1. The van der Waals surface area contributed by atoms with Crippen molar-refractivity contribution in [2.45, 2.75) is 51.4 Å². The third-order valence-electron chi connectivity index (χ3n) is 8.42. The van der Waals surface area contributed by atoms with E-state index in [0.29, 0.717) is 6.42 Å². The van der Waals surface area contributed by atoms with Gasteiger partial charge in [0.15, 0.2) is 0 Å². The molecule has 3 heterocycles. The van der Waals surface area contributed by atoms with Gasteiger partial charge in [0.1, 0.15) is 5.75 Å². The molecule has 5 rings (SSSR count). The van der Waals surface area contributed by atoms with E-state index in [1.807, 2.05) is 57.2 Å². The molecule has 0 saturated carbocycles. The quantitative estimate of drug-likeness (QED) is 0.601. The molecule has 37 heavy (non-hydrogen) atoms. The van der Waals surface area contributed by atoms with Crippen LogP contribution in [-0.2, 0) is 27.2 Å². The van der Waals surface area contributed by atoms with Crippen LogP contribution >= 0.6 is 0 Å². The van der Waals surface area contributed by atoms with Crippen molar-refractivity contribution in [3.8, 4) is 5.75 Å². The molecule has 3 aliphatic rings. The number of hydrogen-bond acceptors (Lipinski definition) is 4. The fourth-order valence-corrected chi connectivity index (χ4v) is 6.16.